The molecule has 25 heavy (non-hydrogen) atoms. The molecule has 0 aliphatic carbocycles. The smallest absolute Gasteiger partial charge is 0.255 e. The molecule has 2 atom stereocenters. The van der Waals surface area contributed by atoms with Gasteiger partial charge in [0.25, 0.3) is 5.91 Å². The zero-order valence-corrected chi connectivity index (χ0v) is 14.0. The van der Waals surface area contributed by atoms with Crippen molar-refractivity contribution in [1.82, 2.24) is 15.1 Å². The van der Waals surface area contributed by atoms with E-state index in [4.69, 9.17) is 5.73 Å². The summed E-state index contributed by atoms with van der Waals surface area (Å²) in [6, 6.07) is 5.59. The number of hydrogen-bond donors (Lipinski definition) is 2. The van der Waals surface area contributed by atoms with Gasteiger partial charge in [-0.25, -0.2) is 0 Å². The Kier molecular flexibility index (Phi) is 4.05. The van der Waals surface area contributed by atoms with Gasteiger partial charge in [-0.1, -0.05) is 12.1 Å². The third-order valence-corrected chi connectivity index (χ3v) is 5.30. The van der Waals surface area contributed by atoms with Crippen molar-refractivity contribution in [2.24, 2.45) is 5.73 Å². The minimum absolute atomic E-state index is 0.126. The van der Waals surface area contributed by atoms with Gasteiger partial charge < -0.3 is 10.6 Å². The molecule has 0 bridgehead atoms. The van der Waals surface area contributed by atoms with Gasteiger partial charge >= 0.3 is 0 Å². The lowest BCUT2D eigenvalue weighted by atomic mass is 10.0. The average molecular weight is 342 g/mol. The van der Waals surface area contributed by atoms with Crippen molar-refractivity contribution >= 4 is 17.7 Å². The number of imide groups is 1. The molecule has 4 rings (SSSR count). The summed E-state index contributed by atoms with van der Waals surface area (Å²) in [5, 5.41) is 2.33. The van der Waals surface area contributed by atoms with Crippen molar-refractivity contribution in [2.45, 2.75) is 44.4 Å². The van der Waals surface area contributed by atoms with Crippen LogP contribution in [-0.2, 0) is 22.7 Å². The van der Waals surface area contributed by atoms with Gasteiger partial charge in [-0.3, -0.25) is 24.6 Å². The lowest BCUT2D eigenvalue weighted by Crippen LogP contribution is -2.52. The molecule has 0 aromatic heterocycles. The molecule has 2 saturated heterocycles. The first kappa shape index (κ1) is 16.2. The van der Waals surface area contributed by atoms with Gasteiger partial charge in [-0.2, -0.15) is 0 Å². The van der Waals surface area contributed by atoms with Crippen LogP contribution in [-0.4, -0.2) is 52.7 Å². The van der Waals surface area contributed by atoms with Gasteiger partial charge in [0.2, 0.25) is 11.8 Å². The predicted molar refractivity (Wildman–Crippen MR) is 90.4 cm³/mol. The maximum atomic E-state index is 12.7. The summed E-state index contributed by atoms with van der Waals surface area (Å²) < 4.78 is 0. The average Bonchev–Trinajstić information content (AvgIpc) is 3.11. The number of benzene rings is 1. The highest BCUT2D eigenvalue weighted by molar-refractivity contribution is 6.05. The number of piperidine rings is 1. The van der Waals surface area contributed by atoms with Gasteiger partial charge in [-0.05, 0) is 30.0 Å². The summed E-state index contributed by atoms with van der Waals surface area (Å²) in [7, 11) is 0. The molecule has 0 spiro atoms. The molecule has 132 valence electrons. The molecular formula is C18H22N4O3. The largest absolute Gasteiger partial charge is 0.326 e. The van der Waals surface area contributed by atoms with Gasteiger partial charge in [0, 0.05) is 44.2 Å². The molecule has 7 nitrogen and oxygen atoms in total. The molecule has 7 heteroatoms. The van der Waals surface area contributed by atoms with Gasteiger partial charge in [0.1, 0.15) is 6.04 Å². The lowest BCUT2D eigenvalue weighted by molar-refractivity contribution is -0.136. The Morgan fingerprint density at radius 3 is 2.76 bits per heavy atom. The van der Waals surface area contributed by atoms with Crippen LogP contribution < -0.4 is 11.1 Å². The number of nitrogens with zero attached hydrogens (tertiary/aromatic N) is 2. The van der Waals surface area contributed by atoms with Crippen LogP contribution in [0.25, 0.3) is 0 Å². The van der Waals surface area contributed by atoms with E-state index < -0.39 is 6.04 Å². The molecule has 0 saturated carbocycles. The molecule has 3 aliphatic heterocycles. The molecule has 0 radical (unpaired) electrons. The van der Waals surface area contributed by atoms with E-state index in [1.54, 1.807) is 4.90 Å². The van der Waals surface area contributed by atoms with E-state index in [0.717, 1.165) is 37.2 Å². The second kappa shape index (κ2) is 6.24. The van der Waals surface area contributed by atoms with Crippen LogP contribution in [0, 0.1) is 0 Å². The fourth-order valence-electron chi connectivity index (χ4n) is 3.99. The topological polar surface area (TPSA) is 95.7 Å². The number of carbonyl (C=O) groups is 3. The SMILES string of the molecule is N[C@@H]1CCN(Cc2ccc3c(c2)CN(C2CCC(=O)NC2=O)C3=O)C1. The summed E-state index contributed by atoms with van der Waals surface area (Å²) in [4.78, 5) is 40.0. The zero-order valence-electron chi connectivity index (χ0n) is 14.0. The van der Waals surface area contributed by atoms with Crippen molar-refractivity contribution in [3.8, 4) is 0 Å². The molecule has 3 N–H and O–H groups in total. The van der Waals surface area contributed by atoms with Crippen LogP contribution in [0.1, 0.15) is 40.7 Å². The highest BCUT2D eigenvalue weighted by Crippen LogP contribution is 2.28. The van der Waals surface area contributed by atoms with Crippen LogP contribution in [0.15, 0.2) is 18.2 Å². The van der Waals surface area contributed by atoms with Crippen LogP contribution in [0.3, 0.4) is 0 Å². The molecule has 2 fully saturated rings. The Morgan fingerprint density at radius 2 is 2.04 bits per heavy atom. The number of nitrogens with one attached hydrogen (secondary N) is 1. The summed E-state index contributed by atoms with van der Waals surface area (Å²) in [6.45, 7) is 3.15. The van der Waals surface area contributed by atoms with Crippen molar-refractivity contribution in [3.05, 3.63) is 34.9 Å². The number of rotatable bonds is 3. The molecule has 1 aromatic carbocycles. The first-order valence-electron chi connectivity index (χ1n) is 8.75. The van der Waals surface area contributed by atoms with E-state index in [1.165, 1.54) is 0 Å². The maximum absolute atomic E-state index is 12.7. The van der Waals surface area contributed by atoms with Gasteiger partial charge in [0.15, 0.2) is 0 Å². The second-order valence-corrected chi connectivity index (χ2v) is 7.18. The van der Waals surface area contributed by atoms with Gasteiger partial charge in [0.05, 0.1) is 0 Å². The predicted octanol–water partition coefficient (Wildman–Crippen LogP) is -0.0194. The molecule has 1 unspecified atom stereocenters. The summed E-state index contributed by atoms with van der Waals surface area (Å²) >= 11 is 0. The fraction of sp³-hybridized carbons (Fsp3) is 0.500. The first-order chi connectivity index (χ1) is 12.0. The molecule has 3 amide bonds. The van der Waals surface area contributed by atoms with E-state index in [-0.39, 0.29) is 30.2 Å². The normalized spacial score (nSPS) is 26.9. The monoisotopic (exact) mass is 342 g/mol. The Hall–Kier alpha value is -2.25. The van der Waals surface area contributed by atoms with Crippen LogP contribution in [0.5, 0.6) is 0 Å². The molecule has 3 heterocycles. The van der Waals surface area contributed by atoms with E-state index in [0.29, 0.717) is 18.5 Å². The number of amides is 3. The second-order valence-electron chi connectivity index (χ2n) is 7.18. The molecule has 1 aromatic rings. The van der Waals surface area contributed by atoms with Crippen LogP contribution >= 0.6 is 0 Å². The van der Waals surface area contributed by atoms with E-state index in [1.807, 2.05) is 12.1 Å². The fourth-order valence-corrected chi connectivity index (χ4v) is 3.99. The number of carbonyl (C=O) groups excluding carboxylic acids is 3. The Balaban J connectivity index is 1.49. The number of fused-ring (bicyclic) bond motifs is 1. The molecular weight excluding hydrogens is 320 g/mol. The minimum Gasteiger partial charge on any atom is -0.326 e. The van der Waals surface area contributed by atoms with E-state index >= 15 is 0 Å². The Bertz CT molecular complexity index is 748. The lowest BCUT2D eigenvalue weighted by Gasteiger charge is -2.29. The Morgan fingerprint density at radius 1 is 1.20 bits per heavy atom. The van der Waals surface area contributed by atoms with E-state index in [2.05, 4.69) is 16.3 Å². The standard InChI is InChI=1S/C18H22N4O3/c19-13-5-6-21(10-13)8-11-1-2-14-12(7-11)9-22(18(14)25)15-3-4-16(23)20-17(15)24/h1-2,7,13,15H,3-6,8-10,19H2,(H,20,23,24)/t13-,15?/m1/s1. The highest BCUT2D eigenvalue weighted by atomic mass is 16.2. The zero-order chi connectivity index (χ0) is 17.6. The first-order valence-corrected chi connectivity index (χ1v) is 8.75. The third kappa shape index (κ3) is 3.05. The Labute approximate surface area is 146 Å². The summed E-state index contributed by atoms with van der Waals surface area (Å²) in [5.74, 6) is -0.764. The number of hydrogen-bond acceptors (Lipinski definition) is 5. The number of likely N-dealkylation sites (tertiary alicyclic amines) is 1. The van der Waals surface area contributed by atoms with Crippen molar-refractivity contribution in [2.75, 3.05) is 13.1 Å². The number of nitrogens with two attached hydrogens (primary N) is 1. The van der Waals surface area contributed by atoms with Crippen molar-refractivity contribution in [1.29, 1.82) is 0 Å². The van der Waals surface area contributed by atoms with Crippen LogP contribution in [0.2, 0.25) is 0 Å². The maximum Gasteiger partial charge on any atom is 0.255 e. The summed E-state index contributed by atoms with van der Waals surface area (Å²) in [5.41, 5.74) is 8.73. The highest BCUT2D eigenvalue weighted by Gasteiger charge is 2.39. The quantitative estimate of drug-likeness (QED) is 0.753. The van der Waals surface area contributed by atoms with Crippen molar-refractivity contribution < 1.29 is 14.4 Å². The summed E-state index contributed by atoms with van der Waals surface area (Å²) in [6.07, 6.45) is 1.69. The third-order valence-electron chi connectivity index (χ3n) is 5.30. The van der Waals surface area contributed by atoms with Crippen LogP contribution in [0.4, 0.5) is 0 Å². The molecule has 3 aliphatic rings. The van der Waals surface area contributed by atoms with E-state index in [9.17, 15) is 14.4 Å². The van der Waals surface area contributed by atoms with Crippen molar-refractivity contribution in [3.63, 3.8) is 0 Å². The van der Waals surface area contributed by atoms with Gasteiger partial charge in [-0.15, -0.1) is 0 Å². The minimum atomic E-state index is -0.558.